The lowest BCUT2D eigenvalue weighted by Crippen LogP contribution is -2.30. The molecule has 0 saturated carbocycles. The standard InChI is InChI=1S/C20H28N4O2/c1-15-13-19(24-10-4-3-5-11-24)23-18-8-7-16(14-17(15)18)22-20(25)21-9-6-12-26-2/h7-8,13-14H,3-6,9-12H2,1-2H3,(H2,21,22,25). The van der Waals surface area contributed by atoms with Crippen LogP contribution in [0.3, 0.4) is 0 Å². The van der Waals surface area contributed by atoms with Crippen LogP contribution in [0, 0.1) is 6.92 Å². The van der Waals surface area contributed by atoms with E-state index in [1.165, 1.54) is 24.8 Å². The van der Waals surface area contributed by atoms with E-state index < -0.39 is 0 Å². The van der Waals surface area contributed by atoms with E-state index in [9.17, 15) is 4.79 Å². The Kier molecular flexibility index (Phi) is 6.28. The SMILES string of the molecule is COCCCNC(=O)Nc1ccc2nc(N3CCCCC3)cc(C)c2c1. The number of ether oxygens (including phenoxy) is 1. The summed E-state index contributed by atoms with van der Waals surface area (Å²) < 4.78 is 4.97. The molecule has 2 aromatic rings. The average molecular weight is 356 g/mol. The van der Waals surface area contributed by atoms with E-state index in [4.69, 9.17) is 9.72 Å². The lowest BCUT2D eigenvalue weighted by atomic mass is 10.1. The number of urea groups is 1. The Bertz CT molecular complexity index is 757. The molecule has 0 aliphatic carbocycles. The number of hydrogen-bond donors (Lipinski definition) is 2. The minimum absolute atomic E-state index is 0.198. The molecule has 0 bridgehead atoms. The molecule has 1 aromatic carbocycles. The summed E-state index contributed by atoms with van der Waals surface area (Å²) in [5.74, 6) is 1.06. The monoisotopic (exact) mass is 356 g/mol. The maximum absolute atomic E-state index is 12.0. The van der Waals surface area contributed by atoms with Gasteiger partial charge in [-0.3, -0.25) is 0 Å². The number of nitrogens with one attached hydrogen (secondary N) is 2. The summed E-state index contributed by atoms with van der Waals surface area (Å²) in [5.41, 5.74) is 2.92. The first-order valence-corrected chi connectivity index (χ1v) is 9.37. The molecule has 1 aliphatic rings. The zero-order valence-electron chi connectivity index (χ0n) is 15.7. The number of aromatic nitrogens is 1. The highest BCUT2D eigenvalue weighted by Gasteiger charge is 2.14. The van der Waals surface area contributed by atoms with Crippen molar-refractivity contribution in [2.75, 3.05) is 43.6 Å². The fourth-order valence-electron chi connectivity index (χ4n) is 3.33. The molecule has 3 rings (SSSR count). The summed E-state index contributed by atoms with van der Waals surface area (Å²) in [4.78, 5) is 19.2. The third-order valence-corrected chi connectivity index (χ3v) is 4.75. The van der Waals surface area contributed by atoms with Crippen molar-refractivity contribution in [1.29, 1.82) is 0 Å². The third-order valence-electron chi connectivity index (χ3n) is 4.75. The first-order valence-electron chi connectivity index (χ1n) is 9.37. The fourth-order valence-corrected chi connectivity index (χ4v) is 3.33. The Labute approximate surface area is 154 Å². The number of methoxy groups -OCH3 is 1. The van der Waals surface area contributed by atoms with Crippen LogP contribution in [0.1, 0.15) is 31.2 Å². The smallest absolute Gasteiger partial charge is 0.319 e. The minimum atomic E-state index is -0.198. The van der Waals surface area contributed by atoms with Gasteiger partial charge in [-0.05, 0) is 62.4 Å². The number of rotatable bonds is 6. The molecule has 2 heterocycles. The number of nitrogens with zero attached hydrogens (tertiary/aromatic N) is 2. The van der Waals surface area contributed by atoms with Gasteiger partial charge in [0.25, 0.3) is 0 Å². The van der Waals surface area contributed by atoms with Gasteiger partial charge in [-0.25, -0.2) is 9.78 Å². The molecule has 6 heteroatoms. The molecular formula is C20H28N4O2. The zero-order valence-corrected chi connectivity index (χ0v) is 15.7. The van der Waals surface area contributed by atoms with E-state index in [1.807, 2.05) is 18.2 Å². The molecule has 1 aromatic heterocycles. The molecule has 6 nitrogen and oxygen atoms in total. The van der Waals surface area contributed by atoms with Gasteiger partial charge in [-0.15, -0.1) is 0 Å². The first kappa shape index (κ1) is 18.5. The van der Waals surface area contributed by atoms with E-state index in [0.717, 1.165) is 41.9 Å². The highest BCUT2D eigenvalue weighted by molar-refractivity contribution is 5.93. The Morgan fingerprint density at radius 1 is 1.23 bits per heavy atom. The molecule has 2 N–H and O–H groups in total. The Balaban J connectivity index is 1.70. The summed E-state index contributed by atoms with van der Waals surface area (Å²) in [5, 5.41) is 6.79. The number of pyridine rings is 1. The van der Waals surface area contributed by atoms with Crippen molar-refractivity contribution in [1.82, 2.24) is 10.3 Å². The highest BCUT2D eigenvalue weighted by Crippen LogP contribution is 2.26. The Morgan fingerprint density at radius 2 is 2.04 bits per heavy atom. The molecule has 0 unspecified atom stereocenters. The molecule has 0 atom stereocenters. The van der Waals surface area contributed by atoms with Crippen LogP contribution in [0.4, 0.5) is 16.3 Å². The van der Waals surface area contributed by atoms with Crippen LogP contribution in [0.2, 0.25) is 0 Å². The molecule has 26 heavy (non-hydrogen) atoms. The summed E-state index contributed by atoms with van der Waals surface area (Å²) >= 11 is 0. The van der Waals surface area contributed by atoms with Gasteiger partial charge in [0.1, 0.15) is 5.82 Å². The van der Waals surface area contributed by atoms with Crippen LogP contribution in [0.15, 0.2) is 24.3 Å². The number of piperidine rings is 1. The Morgan fingerprint density at radius 3 is 2.81 bits per heavy atom. The van der Waals surface area contributed by atoms with Gasteiger partial charge in [0.15, 0.2) is 0 Å². The van der Waals surface area contributed by atoms with E-state index >= 15 is 0 Å². The quantitative estimate of drug-likeness (QED) is 0.775. The van der Waals surface area contributed by atoms with Gasteiger partial charge in [-0.2, -0.15) is 0 Å². The number of fused-ring (bicyclic) bond motifs is 1. The van der Waals surface area contributed by atoms with Crippen LogP contribution >= 0.6 is 0 Å². The molecule has 0 radical (unpaired) electrons. The third kappa shape index (κ3) is 4.64. The Hall–Kier alpha value is -2.34. The van der Waals surface area contributed by atoms with Gasteiger partial charge < -0.3 is 20.3 Å². The second-order valence-corrected chi connectivity index (χ2v) is 6.80. The van der Waals surface area contributed by atoms with Crippen LogP contribution in [-0.4, -0.2) is 44.4 Å². The number of carbonyl (C=O) groups excluding carboxylic acids is 1. The largest absolute Gasteiger partial charge is 0.385 e. The van der Waals surface area contributed by atoms with Crippen molar-refractivity contribution in [3.63, 3.8) is 0 Å². The van der Waals surface area contributed by atoms with Crippen LogP contribution < -0.4 is 15.5 Å². The van der Waals surface area contributed by atoms with Crippen molar-refractivity contribution < 1.29 is 9.53 Å². The average Bonchev–Trinajstić information content (AvgIpc) is 2.66. The summed E-state index contributed by atoms with van der Waals surface area (Å²) in [6.45, 7) is 5.50. The summed E-state index contributed by atoms with van der Waals surface area (Å²) in [7, 11) is 1.65. The van der Waals surface area contributed by atoms with Crippen molar-refractivity contribution in [3.8, 4) is 0 Å². The number of amides is 2. The van der Waals surface area contributed by atoms with Gasteiger partial charge in [0.05, 0.1) is 5.52 Å². The van der Waals surface area contributed by atoms with Crippen LogP contribution in [-0.2, 0) is 4.74 Å². The second-order valence-electron chi connectivity index (χ2n) is 6.80. The zero-order chi connectivity index (χ0) is 18.4. The lowest BCUT2D eigenvalue weighted by molar-refractivity contribution is 0.194. The van der Waals surface area contributed by atoms with E-state index in [1.54, 1.807) is 7.11 Å². The molecule has 0 spiro atoms. The summed E-state index contributed by atoms with van der Waals surface area (Å²) in [6, 6.07) is 7.84. The lowest BCUT2D eigenvalue weighted by Gasteiger charge is -2.28. The van der Waals surface area contributed by atoms with Gasteiger partial charge in [-0.1, -0.05) is 0 Å². The van der Waals surface area contributed by atoms with Crippen LogP contribution in [0.5, 0.6) is 0 Å². The molecule has 1 aliphatic heterocycles. The fraction of sp³-hybridized carbons (Fsp3) is 0.500. The van der Waals surface area contributed by atoms with E-state index in [-0.39, 0.29) is 6.03 Å². The number of anilines is 2. The number of aryl methyl sites for hydroxylation is 1. The number of hydrogen-bond acceptors (Lipinski definition) is 4. The van der Waals surface area contributed by atoms with Gasteiger partial charge >= 0.3 is 6.03 Å². The normalized spacial score (nSPS) is 14.5. The maximum atomic E-state index is 12.0. The molecule has 1 saturated heterocycles. The van der Waals surface area contributed by atoms with E-state index in [2.05, 4.69) is 28.5 Å². The minimum Gasteiger partial charge on any atom is -0.385 e. The van der Waals surface area contributed by atoms with Crippen molar-refractivity contribution in [2.24, 2.45) is 0 Å². The second kappa shape index (κ2) is 8.85. The highest BCUT2D eigenvalue weighted by atomic mass is 16.5. The predicted molar refractivity (Wildman–Crippen MR) is 106 cm³/mol. The molecule has 1 fully saturated rings. The van der Waals surface area contributed by atoms with Crippen molar-refractivity contribution in [2.45, 2.75) is 32.6 Å². The van der Waals surface area contributed by atoms with Crippen molar-refractivity contribution in [3.05, 3.63) is 29.8 Å². The number of carbonyl (C=O) groups is 1. The topological polar surface area (TPSA) is 66.5 Å². The van der Waals surface area contributed by atoms with Gasteiger partial charge in [0.2, 0.25) is 0 Å². The maximum Gasteiger partial charge on any atom is 0.319 e. The van der Waals surface area contributed by atoms with Gasteiger partial charge in [0, 0.05) is 44.4 Å². The van der Waals surface area contributed by atoms with Crippen LogP contribution in [0.25, 0.3) is 10.9 Å². The molecular weight excluding hydrogens is 328 g/mol. The molecule has 140 valence electrons. The molecule has 2 amide bonds. The van der Waals surface area contributed by atoms with Crippen molar-refractivity contribution >= 4 is 28.4 Å². The number of benzene rings is 1. The first-order chi connectivity index (χ1) is 12.7. The predicted octanol–water partition coefficient (Wildman–Crippen LogP) is 3.69. The summed E-state index contributed by atoms with van der Waals surface area (Å²) in [6.07, 6.45) is 4.58. The van der Waals surface area contributed by atoms with E-state index in [0.29, 0.717) is 13.2 Å².